The van der Waals surface area contributed by atoms with E-state index in [1.54, 1.807) is 42.7 Å². The van der Waals surface area contributed by atoms with Crippen molar-refractivity contribution >= 4 is 49.7 Å². The van der Waals surface area contributed by atoms with E-state index in [0.717, 1.165) is 48.1 Å². The van der Waals surface area contributed by atoms with Gasteiger partial charge in [-0.2, -0.15) is 9.82 Å². The van der Waals surface area contributed by atoms with E-state index in [2.05, 4.69) is 19.7 Å². The summed E-state index contributed by atoms with van der Waals surface area (Å²) in [6, 6.07) is 13.2. The van der Waals surface area contributed by atoms with Gasteiger partial charge in [0.2, 0.25) is 10.0 Å². The highest BCUT2D eigenvalue weighted by Gasteiger charge is 2.35. The first-order chi connectivity index (χ1) is 16.4. The number of carbonyl (C=O) groups excluding carboxylic acids is 1. The number of halogens is 1. The monoisotopic (exact) mass is 497 g/mol. The number of fused-ring (bicyclic) bond motifs is 1. The van der Waals surface area contributed by atoms with Crippen molar-refractivity contribution in [3.63, 3.8) is 0 Å². The molecule has 3 heterocycles. The Morgan fingerprint density at radius 2 is 1.68 bits per heavy atom. The lowest BCUT2D eigenvalue weighted by atomic mass is 10.1. The highest BCUT2D eigenvalue weighted by Crippen LogP contribution is 2.24. The van der Waals surface area contributed by atoms with Gasteiger partial charge in [0.25, 0.3) is 5.91 Å². The highest BCUT2D eigenvalue weighted by atomic mass is 35.5. The number of rotatable bonds is 5. The molecule has 0 radical (unpaired) electrons. The lowest BCUT2D eigenvalue weighted by Crippen LogP contribution is -2.41. The van der Waals surface area contributed by atoms with Gasteiger partial charge >= 0.3 is 0 Å². The first-order valence-corrected chi connectivity index (χ1v) is 13.0. The van der Waals surface area contributed by atoms with E-state index in [1.807, 2.05) is 12.1 Å². The molecule has 1 aromatic heterocycles. The summed E-state index contributed by atoms with van der Waals surface area (Å²) in [6.07, 6.45) is 5.43. The molecule has 0 aliphatic carbocycles. The van der Waals surface area contributed by atoms with Crippen LogP contribution in [0.2, 0.25) is 5.02 Å². The number of aromatic nitrogens is 1. The molecule has 2 aromatic carbocycles. The van der Waals surface area contributed by atoms with Gasteiger partial charge in [0, 0.05) is 61.3 Å². The van der Waals surface area contributed by atoms with Crippen LogP contribution in [-0.4, -0.2) is 55.7 Å². The topological polar surface area (TPSA) is 95.0 Å². The van der Waals surface area contributed by atoms with Crippen molar-refractivity contribution in [2.45, 2.75) is 30.2 Å². The van der Waals surface area contributed by atoms with Crippen LogP contribution < -0.4 is 9.62 Å². The molecule has 2 fully saturated rings. The SMILES string of the molecule is O=C1[C@@H](NS(=O)(=O)c2ccc3cc(Cl)ccc3c2)CCN1N=C1CCN(c2ccncc2)CC1. The normalized spacial score (nSPS) is 19.1. The van der Waals surface area contributed by atoms with E-state index in [1.165, 1.54) is 11.1 Å². The molecule has 2 saturated heterocycles. The number of amides is 1. The second-order valence-corrected chi connectivity index (χ2v) is 10.6. The number of piperidine rings is 1. The van der Waals surface area contributed by atoms with Crippen LogP contribution in [0.4, 0.5) is 5.69 Å². The van der Waals surface area contributed by atoms with Crippen LogP contribution in [0.25, 0.3) is 10.8 Å². The van der Waals surface area contributed by atoms with Gasteiger partial charge in [-0.05, 0) is 53.6 Å². The minimum atomic E-state index is -3.86. The summed E-state index contributed by atoms with van der Waals surface area (Å²) < 4.78 is 28.5. The molecule has 176 valence electrons. The van der Waals surface area contributed by atoms with Gasteiger partial charge in [-0.3, -0.25) is 9.78 Å². The fourth-order valence-electron chi connectivity index (χ4n) is 4.34. The van der Waals surface area contributed by atoms with Crippen molar-refractivity contribution in [2.75, 3.05) is 24.5 Å². The first kappa shape index (κ1) is 22.8. The Morgan fingerprint density at radius 3 is 2.44 bits per heavy atom. The average Bonchev–Trinajstić information content (AvgIpc) is 3.18. The van der Waals surface area contributed by atoms with Gasteiger partial charge in [-0.15, -0.1) is 0 Å². The molecule has 3 aromatic rings. The van der Waals surface area contributed by atoms with Crippen LogP contribution in [0.15, 0.2) is 70.9 Å². The molecule has 1 amide bonds. The number of pyridine rings is 1. The molecule has 5 rings (SSSR count). The Bertz CT molecular complexity index is 1350. The number of nitrogens with zero attached hydrogens (tertiary/aromatic N) is 4. The number of hydrazone groups is 1. The maximum absolute atomic E-state index is 13.0. The Balaban J connectivity index is 1.23. The van der Waals surface area contributed by atoms with Crippen LogP contribution in [0.1, 0.15) is 19.3 Å². The zero-order valence-electron chi connectivity index (χ0n) is 18.4. The van der Waals surface area contributed by atoms with E-state index in [4.69, 9.17) is 11.6 Å². The third-order valence-electron chi connectivity index (χ3n) is 6.19. The molecular formula is C24H24ClN5O3S. The average molecular weight is 498 g/mol. The molecule has 0 saturated carbocycles. The van der Waals surface area contributed by atoms with E-state index in [9.17, 15) is 13.2 Å². The number of benzene rings is 2. The summed E-state index contributed by atoms with van der Waals surface area (Å²) in [5.41, 5.74) is 2.08. The van der Waals surface area contributed by atoms with Gasteiger partial charge in [0.1, 0.15) is 6.04 Å². The van der Waals surface area contributed by atoms with E-state index in [-0.39, 0.29) is 10.8 Å². The van der Waals surface area contributed by atoms with Crippen LogP contribution in [0.3, 0.4) is 0 Å². The number of anilines is 1. The summed E-state index contributed by atoms with van der Waals surface area (Å²) in [5.74, 6) is -0.319. The molecule has 34 heavy (non-hydrogen) atoms. The minimum absolute atomic E-state index is 0.114. The summed E-state index contributed by atoms with van der Waals surface area (Å²) in [4.78, 5) is 19.3. The molecule has 0 bridgehead atoms. The fraction of sp³-hybridized carbons (Fsp3) is 0.292. The lowest BCUT2D eigenvalue weighted by molar-refractivity contribution is -0.129. The second kappa shape index (κ2) is 9.32. The van der Waals surface area contributed by atoms with Crippen LogP contribution in [-0.2, 0) is 14.8 Å². The minimum Gasteiger partial charge on any atom is -0.371 e. The number of sulfonamides is 1. The van der Waals surface area contributed by atoms with E-state index < -0.39 is 16.1 Å². The Morgan fingerprint density at radius 1 is 0.971 bits per heavy atom. The molecule has 0 unspecified atom stereocenters. The van der Waals surface area contributed by atoms with Crippen molar-refractivity contribution in [1.82, 2.24) is 14.7 Å². The maximum atomic E-state index is 13.0. The maximum Gasteiger partial charge on any atom is 0.260 e. The van der Waals surface area contributed by atoms with E-state index >= 15 is 0 Å². The molecule has 8 nitrogen and oxygen atoms in total. The largest absolute Gasteiger partial charge is 0.371 e. The van der Waals surface area contributed by atoms with Crippen molar-refractivity contribution in [2.24, 2.45) is 5.10 Å². The smallest absolute Gasteiger partial charge is 0.260 e. The van der Waals surface area contributed by atoms with Crippen LogP contribution in [0, 0.1) is 0 Å². The summed E-state index contributed by atoms with van der Waals surface area (Å²) in [5, 5.41) is 8.16. The van der Waals surface area contributed by atoms with E-state index in [0.29, 0.717) is 18.0 Å². The van der Waals surface area contributed by atoms with Gasteiger partial charge < -0.3 is 4.90 Å². The van der Waals surface area contributed by atoms with Crippen molar-refractivity contribution in [1.29, 1.82) is 0 Å². The summed E-state index contributed by atoms with van der Waals surface area (Å²) in [7, 11) is -3.86. The Hall–Kier alpha value is -3.01. The number of carbonyl (C=O) groups is 1. The van der Waals surface area contributed by atoms with Crippen LogP contribution in [0.5, 0.6) is 0 Å². The molecule has 2 aliphatic heterocycles. The van der Waals surface area contributed by atoms with Crippen molar-refractivity contribution in [3.05, 3.63) is 65.9 Å². The summed E-state index contributed by atoms with van der Waals surface area (Å²) in [6.45, 7) is 2.02. The second-order valence-electron chi connectivity index (χ2n) is 8.44. The molecular weight excluding hydrogens is 474 g/mol. The van der Waals surface area contributed by atoms with Crippen molar-refractivity contribution in [3.8, 4) is 0 Å². The standard InChI is InChI=1S/C24H24ClN5O3S/c25-19-3-1-18-16-22(4-2-17(18)15-19)34(32,33)28-23-9-14-30(24(23)31)27-20-7-12-29(13-8-20)21-5-10-26-11-6-21/h1-6,10-11,15-16,23,28H,7-9,12-14H2/t23-/m0/s1. The number of hydrogen-bond donors (Lipinski definition) is 1. The molecule has 2 aliphatic rings. The third kappa shape index (κ3) is 4.77. The predicted molar refractivity (Wildman–Crippen MR) is 133 cm³/mol. The quantitative estimate of drug-likeness (QED) is 0.582. The fourth-order valence-corrected chi connectivity index (χ4v) is 5.78. The summed E-state index contributed by atoms with van der Waals surface area (Å²) >= 11 is 6.01. The van der Waals surface area contributed by atoms with Gasteiger partial charge in [0.05, 0.1) is 4.90 Å². The molecule has 10 heteroatoms. The number of hydrogen-bond acceptors (Lipinski definition) is 6. The lowest BCUT2D eigenvalue weighted by Gasteiger charge is -2.30. The van der Waals surface area contributed by atoms with Gasteiger partial charge in [-0.25, -0.2) is 13.4 Å². The third-order valence-corrected chi connectivity index (χ3v) is 7.90. The molecule has 1 N–H and O–H groups in total. The van der Waals surface area contributed by atoms with Gasteiger partial charge in [0.15, 0.2) is 0 Å². The Labute approximate surface area is 203 Å². The molecule has 0 spiro atoms. The number of nitrogens with one attached hydrogen (secondary N) is 1. The molecule has 1 atom stereocenters. The first-order valence-electron chi connectivity index (χ1n) is 11.1. The highest BCUT2D eigenvalue weighted by molar-refractivity contribution is 7.89. The zero-order chi connectivity index (χ0) is 23.7. The van der Waals surface area contributed by atoms with Crippen molar-refractivity contribution < 1.29 is 13.2 Å². The zero-order valence-corrected chi connectivity index (χ0v) is 20.0. The van der Waals surface area contributed by atoms with Gasteiger partial charge in [-0.1, -0.05) is 23.7 Å². The van der Waals surface area contributed by atoms with Crippen LogP contribution >= 0.6 is 11.6 Å². The predicted octanol–water partition coefficient (Wildman–Crippen LogP) is 3.42. The Kier molecular flexibility index (Phi) is 6.24.